The number of carbonyl (C=O) groups is 2. The summed E-state index contributed by atoms with van der Waals surface area (Å²) in [6, 6.07) is 2.57. The molecule has 0 aliphatic rings. The van der Waals surface area contributed by atoms with Crippen molar-refractivity contribution in [1.82, 2.24) is 25.8 Å². The summed E-state index contributed by atoms with van der Waals surface area (Å²) in [4.78, 5) is 28.3. The van der Waals surface area contributed by atoms with Crippen LogP contribution < -0.4 is 10.6 Å². The molecule has 2 heterocycles. The standard InChI is InChI=1S/C12H15N5O2S/c1-7(10-13-6-14-17-10)15-11(18)8(2)16-12(19)9-4-3-5-20-9/h3-8H,1-2H3,(H,15,18)(H,16,19)(H,13,14,17). The first-order valence-corrected chi connectivity index (χ1v) is 6.96. The Morgan fingerprint density at radius 3 is 2.75 bits per heavy atom. The van der Waals surface area contributed by atoms with Crippen LogP contribution in [0.2, 0.25) is 0 Å². The normalized spacial score (nSPS) is 13.5. The van der Waals surface area contributed by atoms with E-state index in [0.717, 1.165) is 0 Å². The van der Waals surface area contributed by atoms with Crippen molar-refractivity contribution in [3.05, 3.63) is 34.5 Å². The largest absolute Gasteiger partial charge is 0.345 e. The predicted octanol–water partition coefficient (Wildman–Crippen LogP) is 0.862. The Bertz CT molecular complexity index is 567. The van der Waals surface area contributed by atoms with E-state index >= 15 is 0 Å². The van der Waals surface area contributed by atoms with E-state index in [1.165, 1.54) is 17.7 Å². The van der Waals surface area contributed by atoms with Gasteiger partial charge >= 0.3 is 0 Å². The Balaban J connectivity index is 1.87. The highest BCUT2D eigenvalue weighted by molar-refractivity contribution is 7.12. The van der Waals surface area contributed by atoms with E-state index in [2.05, 4.69) is 25.8 Å². The minimum absolute atomic E-state index is 0.255. The molecule has 2 unspecified atom stereocenters. The molecule has 0 aliphatic carbocycles. The zero-order valence-electron chi connectivity index (χ0n) is 11.1. The lowest BCUT2D eigenvalue weighted by atomic mass is 10.2. The smallest absolute Gasteiger partial charge is 0.261 e. The molecule has 0 bridgehead atoms. The number of hydrogen-bond donors (Lipinski definition) is 3. The summed E-state index contributed by atoms with van der Waals surface area (Å²) >= 11 is 1.33. The number of aromatic nitrogens is 3. The van der Waals surface area contributed by atoms with Gasteiger partial charge in [0, 0.05) is 0 Å². The first kappa shape index (κ1) is 14.2. The van der Waals surface area contributed by atoms with E-state index in [4.69, 9.17) is 0 Å². The van der Waals surface area contributed by atoms with E-state index < -0.39 is 6.04 Å². The van der Waals surface area contributed by atoms with Crippen LogP contribution in [0.4, 0.5) is 0 Å². The Morgan fingerprint density at radius 2 is 2.15 bits per heavy atom. The second-order valence-electron chi connectivity index (χ2n) is 4.27. The summed E-state index contributed by atoms with van der Waals surface area (Å²) in [6.07, 6.45) is 1.37. The molecule has 0 aliphatic heterocycles. The van der Waals surface area contributed by atoms with Gasteiger partial charge in [0.1, 0.15) is 18.2 Å². The molecular weight excluding hydrogens is 278 g/mol. The maximum Gasteiger partial charge on any atom is 0.261 e. The van der Waals surface area contributed by atoms with Gasteiger partial charge in [0.15, 0.2) is 0 Å². The van der Waals surface area contributed by atoms with E-state index in [0.29, 0.717) is 10.7 Å². The first-order valence-electron chi connectivity index (χ1n) is 6.08. The number of nitrogens with one attached hydrogen (secondary N) is 3. The molecule has 3 N–H and O–H groups in total. The lowest BCUT2D eigenvalue weighted by molar-refractivity contribution is -0.123. The van der Waals surface area contributed by atoms with E-state index in [9.17, 15) is 9.59 Å². The lowest BCUT2D eigenvalue weighted by Crippen LogP contribution is -2.45. The number of H-pyrrole nitrogens is 1. The number of carbonyl (C=O) groups excluding carboxylic acids is 2. The Kier molecular flexibility index (Phi) is 4.46. The number of thiophene rings is 1. The van der Waals surface area contributed by atoms with Gasteiger partial charge in [0.05, 0.1) is 10.9 Å². The molecule has 0 radical (unpaired) electrons. The molecule has 0 saturated carbocycles. The molecule has 106 valence electrons. The molecule has 2 rings (SSSR count). The molecule has 2 amide bonds. The summed E-state index contributed by atoms with van der Waals surface area (Å²) in [5, 5.41) is 13.6. The second-order valence-corrected chi connectivity index (χ2v) is 5.22. The summed E-state index contributed by atoms with van der Waals surface area (Å²) in [5.74, 6) is 0.0314. The van der Waals surface area contributed by atoms with Crippen molar-refractivity contribution in [3.63, 3.8) is 0 Å². The Labute approximate surface area is 119 Å². The fourth-order valence-corrected chi connectivity index (χ4v) is 2.20. The van der Waals surface area contributed by atoms with Crippen LogP contribution in [0.15, 0.2) is 23.8 Å². The van der Waals surface area contributed by atoms with Crippen LogP contribution in [0.1, 0.15) is 35.4 Å². The number of amides is 2. The quantitative estimate of drug-likeness (QED) is 0.761. The molecule has 2 aromatic heterocycles. The summed E-state index contributed by atoms with van der Waals surface area (Å²) < 4.78 is 0. The van der Waals surface area contributed by atoms with Crippen molar-refractivity contribution >= 4 is 23.2 Å². The van der Waals surface area contributed by atoms with Gasteiger partial charge in [0.25, 0.3) is 5.91 Å². The van der Waals surface area contributed by atoms with Gasteiger partial charge in [-0.15, -0.1) is 11.3 Å². The monoisotopic (exact) mass is 293 g/mol. The van der Waals surface area contributed by atoms with E-state index in [-0.39, 0.29) is 17.9 Å². The third kappa shape index (κ3) is 3.41. The van der Waals surface area contributed by atoms with Crippen LogP contribution in [-0.4, -0.2) is 33.0 Å². The van der Waals surface area contributed by atoms with Gasteiger partial charge < -0.3 is 10.6 Å². The highest BCUT2D eigenvalue weighted by Crippen LogP contribution is 2.08. The molecule has 20 heavy (non-hydrogen) atoms. The predicted molar refractivity (Wildman–Crippen MR) is 74.2 cm³/mol. The summed E-state index contributed by atoms with van der Waals surface area (Å²) in [7, 11) is 0. The minimum atomic E-state index is -0.630. The van der Waals surface area contributed by atoms with Crippen molar-refractivity contribution in [2.75, 3.05) is 0 Å². The molecule has 0 aromatic carbocycles. The van der Waals surface area contributed by atoms with Crippen molar-refractivity contribution in [2.45, 2.75) is 25.9 Å². The average Bonchev–Trinajstić information content (AvgIpc) is 3.11. The minimum Gasteiger partial charge on any atom is -0.345 e. The number of hydrogen-bond acceptors (Lipinski definition) is 5. The molecule has 0 spiro atoms. The lowest BCUT2D eigenvalue weighted by Gasteiger charge is -2.16. The topological polar surface area (TPSA) is 99.8 Å². The molecule has 0 saturated heterocycles. The van der Waals surface area contributed by atoms with Crippen LogP contribution in [0.25, 0.3) is 0 Å². The average molecular weight is 293 g/mol. The number of nitrogens with zero attached hydrogens (tertiary/aromatic N) is 2. The van der Waals surface area contributed by atoms with Gasteiger partial charge in [-0.3, -0.25) is 14.7 Å². The third-order valence-electron chi connectivity index (χ3n) is 2.69. The Morgan fingerprint density at radius 1 is 1.35 bits per heavy atom. The van der Waals surface area contributed by atoms with Crippen LogP contribution >= 0.6 is 11.3 Å². The van der Waals surface area contributed by atoms with Crippen molar-refractivity contribution in [3.8, 4) is 0 Å². The fourth-order valence-electron chi connectivity index (χ4n) is 1.57. The SMILES string of the molecule is CC(NC(=O)c1cccs1)C(=O)NC(C)c1ncn[nH]1. The van der Waals surface area contributed by atoms with Crippen LogP contribution in [-0.2, 0) is 4.79 Å². The summed E-state index contributed by atoms with van der Waals surface area (Å²) in [5.41, 5.74) is 0. The van der Waals surface area contributed by atoms with Gasteiger partial charge in [-0.05, 0) is 25.3 Å². The maximum absolute atomic E-state index is 12.0. The van der Waals surface area contributed by atoms with Crippen molar-refractivity contribution < 1.29 is 9.59 Å². The van der Waals surface area contributed by atoms with Gasteiger partial charge in [-0.1, -0.05) is 6.07 Å². The fraction of sp³-hybridized carbons (Fsp3) is 0.333. The molecule has 2 aromatic rings. The molecule has 8 heteroatoms. The third-order valence-corrected chi connectivity index (χ3v) is 3.56. The van der Waals surface area contributed by atoms with E-state index in [1.54, 1.807) is 26.0 Å². The van der Waals surface area contributed by atoms with Gasteiger partial charge in [-0.2, -0.15) is 5.10 Å². The summed E-state index contributed by atoms with van der Waals surface area (Å²) in [6.45, 7) is 3.42. The molecule has 2 atom stereocenters. The zero-order chi connectivity index (χ0) is 14.5. The second kappa shape index (κ2) is 6.29. The van der Waals surface area contributed by atoms with Crippen LogP contribution in [0.3, 0.4) is 0 Å². The molecule has 0 fully saturated rings. The highest BCUT2D eigenvalue weighted by Gasteiger charge is 2.20. The van der Waals surface area contributed by atoms with Crippen LogP contribution in [0, 0.1) is 0 Å². The number of aromatic amines is 1. The maximum atomic E-state index is 12.0. The van der Waals surface area contributed by atoms with E-state index in [1.807, 2.05) is 5.38 Å². The first-order chi connectivity index (χ1) is 9.58. The highest BCUT2D eigenvalue weighted by atomic mass is 32.1. The van der Waals surface area contributed by atoms with Gasteiger partial charge in [-0.25, -0.2) is 4.98 Å². The van der Waals surface area contributed by atoms with Crippen molar-refractivity contribution in [1.29, 1.82) is 0 Å². The van der Waals surface area contributed by atoms with Crippen LogP contribution in [0.5, 0.6) is 0 Å². The number of rotatable bonds is 5. The molecular formula is C12H15N5O2S. The van der Waals surface area contributed by atoms with Crippen molar-refractivity contribution in [2.24, 2.45) is 0 Å². The molecule has 7 nitrogen and oxygen atoms in total. The Hall–Kier alpha value is -2.22. The van der Waals surface area contributed by atoms with Gasteiger partial charge in [0.2, 0.25) is 5.91 Å². The zero-order valence-corrected chi connectivity index (χ0v) is 11.9.